The molecule has 1 amide bonds. The van der Waals surface area contributed by atoms with Crippen molar-refractivity contribution in [2.24, 2.45) is 0 Å². The molecule has 0 fully saturated rings. The highest BCUT2D eigenvalue weighted by Gasteiger charge is 2.30. The minimum absolute atomic E-state index is 0.255. The van der Waals surface area contributed by atoms with Gasteiger partial charge < -0.3 is 19.7 Å². The third-order valence-corrected chi connectivity index (χ3v) is 3.22. The molecule has 0 aliphatic rings. The molecule has 0 aromatic heterocycles. The number of hydrogen-bond donors (Lipinski definition) is 1. The summed E-state index contributed by atoms with van der Waals surface area (Å²) in [6, 6.07) is 0. The number of unbranched alkanes of at least 4 members (excludes halogenated alkanes) is 1. The van der Waals surface area contributed by atoms with Crippen LogP contribution in [0.3, 0.4) is 0 Å². The topological polar surface area (TPSA) is 50.8 Å². The summed E-state index contributed by atoms with van der Waals surface area (Å²) in [5, 5.41) is 3.37. The molecule has 23 heavy (non-hydrogen) atoms. The molecule has 0 saturated carbocycles. The van der Waals surface area contributed by atoms with Crippen LogP contribution in [0.1, 0.15) is 67.7 Å². The summed E-state index contributed by atoms with van der Waals surface area (Å²) < 4.78 is 11.0. The summed E-state index contributed by atoms with van der Waals surface area (Å²) in [4.78, 5) is 14.1. The zero-order valence-corrected chi connectivity index (χ0v) is 16.3. The summed E-state index contributed by atoms with van der Waals surface area (Å²) >= 11 is 0. The number of amides is 1. The lowest BCUT2D eigenvalue weighted by molar-refractivity contribution is 0.00661. The van der Waals surface area contributed by atoms with E-state index in [2.05, 4.69) is 12.2 Å². The van der Waals surface area contributed by atoms with Crippen molar-refractivity contribution >= 4 is 6.09 Å². The van der Waals surface area contributed by atoms with Crippen LogP contribution in [-0.2, 0) is 9.47 Å². The highest BCUT2D eigenvalue weighted by Crippen LogP contribution is 2.17. The van der Waals surface area contributed by atoms with Gasteiger partial charge in [0.25, 0.3) is 0 Å². The largest absolute Gasteiger partial charge is 0.444 e. The van der Waals surface area contributed by atoms with Gasteiger partial charge in [-0.15, -0.1) is 0 Å². The molecule has 0 aliphatic heterocycles. The molecule has 1 N–H and O–H groups in total. The van der Waals surface area contributed by atoms with E-state index in [1.165, 1.54) is 6.42 Å². The molecule has 0 spiro atoms. The maximum atomic E-state index is 12.3. The first-order chi connectivity index (χ1) is 10.6. The summed E-state index contributed by atoms with van der Waals surface area (Å²) in [5.41, 5.74) is -0.725. The van der Waals surface area contributed by atoms with E-state index in [9.17, 15) is 4.79 Å². The van der Waals surface area contributed by atoms with Crippen molar-refractivity contribution in [2.45, 2.75) is 78.9 Å². The van der Waals surface area contributed by atoms with Crippen molar-refractivity contribution in [2.75, 3.05) is 32.8 Å². The smallest absolute Gasteiger partial charge is 0.410 e. The summed E-state index contributed by atoms with van der Waals surface area (Å²) in [5.74, 6) is 0. The van der Waals surface area contributed by atoms with Crippen LogP contribution in [0.15, 0.2) is 0 Å². The lowest BCUT2D eigenvalue weighted by atomic mass is 10.1. The van der Waals surface area contributed by atoms with Crippen LogP contribution >= 0.6 is 0 Å². The number of ether oxygens (including phenoxy) is 2. The van der Waals surface area contributed by atoms with E-state index in [0.29, 0.717) is 6.54 Å². The predicted molar refractivity (Wildman–Crippen MR) is 95.9 cm³/mol. The van der Waals surface area contributed by atoms with Gasteiger partial charge in [-0.1, -0.05) is 13.3 Å². The van der Waals surface area contributed by atoms with Gasteiger partial charge in [0.2, 0.25) is 0 Å². The highest BCUT2D eigenvalue weighted by molar-refractivity contribution is 5.69. The fourth-order valence-corrected chi connectivity index (χ4v) is 1.98. The first kappa shape index (κ1) is 22.2. The zero-order valence-electron chi connectivity index (χ0n) is 16.3. The van der Waals surface area contributed by atoms with Gasteiger partial charge in [0.1, 0.15) is 5.60 Å². The lowest BCUT2D eigenvalue weighted by Crippen LogP contribution is -2.50. The summed E-state index contributed by atoms with van der Waals surface area (Å²) in [7, 11) is 0. The van der Waals surface area contributed by atoms with E-state index < -0.39 is 5.60 Å². The maximum absolute atomic E-state index is 12.3. The SMILES string of the molecule is CCCCOCCCNCCN(C(=O)OC(C)(C)C)C(C)(C)C. The first-order valence-corrected chi connectivity index (χ1v) is 8.87. The van der Waals surface area contributed by atoms with E-state index in [-0.39, 0.29) is 11.6 Å². The Bertz CT molecular complexity index is 319. The molecule has 5 nitrogen and oxygen atoms in total. The van der Waals surface area contributed by atoms with Crippen LogP contribution in [0.5, 0.6) is 0 Å². The van der Waals surface area contributed by atoms with Gasteiger partial charge in [0.05, 0.1) is 0 Å². The van der Waals surface area contributed by atoms with Gasteiger partial charge in [0, 0.05) is 31.8 Å². The van der Waals surface area contributed by atoms with Crippen molar-refractivity contribution in [3.63, 3.8) is 0 Å². The van der Waals surface area contributed by atoms with E-state index >= 15 is 0 Å². The van der Waals surface area contributed by atoms with Crippen molar-refractivity contribution in [1.82, 2.24) is 10.2 Å². The number of hydrogen-bond acceptors (Lipinski definition) is 4. The number of nitrogens with one attached hydrogen (secondary N) is 1. The molecule has 0 aromatic carbocycles. The van der Waals surface area contributed by atoms with Gasteiger partial charge in [-0.3, -0.25) is 0 Å². The Hall–Kier alpha value is -0.810. The minimum atomic E-state index is -0.468. The molecule has 0 unspecified atom stereocenters. The van der Waals surface area contributed by atoms with Crippen molar-refractivity contribution in [3.8, 4) is 0 Å². The number of nitrogens with zero attached hydrogens (tertiary/aromatic N) is 1. The Balaban J connectivity index is 4.02. The average molecular weight is 331 g/mol. The number of carbonyl (C=O) groups excluding carboxylic acids is 1. The normalized spacial score (nSPS) is 12.3. The quantitative estimate of drug-likeness (QED) is 0.619. The molecule has 0 saturated heterocycles. The number of carbonyl (C=O) groups is 1. The standard InChI is InChI=1S/C18H38N2O3/c1-8-9-14-22-15-10-11-19-12-13-20(17(2,3)4)16(21)23-18(5,6)7/h19H,8-15H2,1-7H3. The van der Waals surface area contributed by atoms with Gasteiger partial charge >= 0.3 is 6.09 Å². The predicted octanol–water partition coefficient (Wildman–Crippen LogP) is 3.82. The molecule has 0 rings (SSSR count). The molecule has 0 atom stereocenters. The van der Waals surface area contributed by atoms with E-state index in [1.807, 2.05) is 41.5 Å². The Kier molecular flexibility index (Phi) is 10.5. The van der Waals surface area contributed by atoms with Crippen LogP contribution in [0.4, 0.5) is 4.79 Å². The zero-order chi connectivity index (χ0) is 17.9. The molecular weight excluding hydrogens is 292 g/mol. The van der Waals surface area contributed by atoms with Crippen molar-refractivity contribution < 1.29 is 14.3 Å². The minimum Gasteiger partial charge on any atom is -0.444 e. The first-order valence-electron chi connectivity index (χ1n) is 8.87. The van der Waals surface area contributed by atoms with E-state index in [0.717, 1.165) is 39.1 Å². The van der Waals surface area contributed by atoms with Crippen molar-refractivity contribution in [1.29, 1.82) is 0 Å². The molecule has 0 aliphatic carbocycles. The van der Waals surface area contributed by atoms with E-state index in [1.54, 1.807) is 4.90 Å². The van der Waals surface area contributed by atoms with Crippen LogP contribution in [-0.4, -0.2) is 55.0 Å². The van der Waals surface area contributed by atoms with Gasteiger partial charge in [-0.25, -0.2) is 4.79 Å². The molecule has 0 radical (unpaired) electrons. The third-order valence-electron chi connectivity index (χ3n) is 3.22. The summed E-state index contributed by atoms with van der Waals surface area (Å²) in [6.07, 6.45) is 3.04. The third kappa shape index (κ3) is 12.3. The lowest BCUT2D eigenvalue weighted by Gasteiger charge is -2.36. The Morgan fingerprint density at radius 3 is 2.13 bits per heavy atom. The molecular formula is C18H38N2O3. The molecule has 0 bridgehead atoms. The monoisotopic (exact) mass is 330 g/mol. The van der Waals surface area contributed by atoms with Gasteiger partial charge in [0.15, 0.2) is 0 Å². The molecule has 5 heteroatoms. The molecule has 0 heterocycles. The van der Waals surface area contributed by atoms with Crippen LogP contribution < -0.4 is 5.32 Å². The maximum Gasteiger partial charge on any atom is 0.410 e. The summed E-state index contributed by atoms with van der Waals surface area (Å²) in [6.45, 7) is 17.9. The Morgan fingerprint density at radius 2 is 1.61 bits per heavy atom. The second kappa shape index (κ2) is 10.9. The fraction of sp³-hybridized carbons (Fsp3) is 0.944. The van der Waals surface area contributed by atoms with Crippen LogP contribution in [0.2, 0.25) is 0 Å². The second-order valence-electron chi connectivity index (χ2n) is 7.87. The molecule has 138 valence electrons. The van der Waals surface area contributed by atoms with Gasteiger partial charge in [-0.05, 0) is 60.9 Å². The van der Waals surface area contributed by atoms with Gasteiger partial charge in [-0.2, -0.15) is 0 Å². The van der Waals surface area contributed by atoms with Crippen molar-refractivity contribution in [3.05, 3.63) is 0 Å². The van der Waals surface area contributed by atoms with E-state index in [4.69, 9.17) is 9.47 Å². The Morgan fingerprint density at radius 1 is 1.00 bits per heavy atom. The number of rotatable bonds is 10. The highest BCUT2D eigenvalue weighted by atomic mass is 16.6. The average Bonchev–Trinajstić information content (AvgIpc) is 2.37. The second-order valence-corrected chi connectivity index (χ2v) is 7.87. The van der Waals surface area contributed by atoms with Crippen LogP contribution in [0, 0.1) is 0 Å². The Labute approximate surface area is 143 Å². The fourth-order valence-electron chi connectivity index (χ4n) is 1.98. The molecule has 0 aromatic rings. The van der Waals surface area contributed by atoms with Crippen LogP contribution in [0.25, 0.3) is 0 Å².